The largest absolute Gasteiger partial charge is 0.481 e. The Bertz CT molecular complexity index is 2700. The van der Waals surface area contributed by atoms with Crippen LogP contribution in [0.1, 0.15) is 128 Å². The summed E-state index contributed by atoms with van der Waals surface area (Å²) in [5, 5.41) is 17.2. The molecule has 0 fully saturated rings. The van der Waals surface area contributed by atoms with Gasteiger partial charge in [-0.25, -0.2) is 0 Å². The number of allylic oxidation sites excluding steroid dienone is 4. The van der Waals surface area contributed by atoms with E-state index in [0.29, 0.717) is 93.3 Å². The van der Waals surface area contributed by atoms with Crippen molar-refractivity contribution in [3.8, 4) is 0 Å². The number of unbranched alkanes of at least 4 members (excludes halogenated alkanes) is 2. The van der Waals surface area contributed by atoms with E-state index in [-0.39, 0.29) is 61.0 Å². The number of carbonyl (C=O) groups is 4. The van der Waals surface area contributed by atoms with Gasteiger partial charge in [0, 0.05) is 79.8 Å². The van der Waals surface area contributed by atoms with Gasteiger partial charge in [-0.05, 0) is 108 Å². The average molecular weight is 1020 g/mol. The quantitative estimate of drug-likeness (QED) is 0.0758. The molecule has 3 aliphatic rings. The van der Waals surface area contributed by atoms with Crippen LogP contribution in [0.25, 0.3) is 0 Å². The molecular weight excluding hydrogens is 955 g/mol. The third-order valence-electron chi connectivity index (χ3n) is 13.1. The third kappa shape index (κ3) is 14.8. The molecule has 22 heteroatoms. The average Bonchev–Trinajstić information content (AvgIpc) is 3.61. The number of amides is 3. The number of aliphatic carboxylic acids is 1. The van der Waals surface area contributed by atoms with Crippen LogP contribution in [0.15, 0.2) is 70.1 Å². The van der Waals surface area contributed by atoms with E-state index in [4.69, 9.17) is 5.11 Å². The van der Waals surface area contributed by atoms with Crippen molar-refractivity contribution in [2.24, 2.45) is 0 Å². The van der Waals surface area contributed by atoms with Crippen molar-refractivity contribution < 1.29 is 67.8 Å². The number of hydrogen-bond acceptors (Lipinski definition) is 11. The molecule has 3 aliphatic heterocycles. The predicted molar refractivity (Wildman–Crippen MR) is 259 cm³/mol. The van der Waals surface area contributed by atoms with Crippen molar-refractivity contribution in [2.45, 2.75) is 144 Å². The zero-order valence-electron chi connectivity index (χ0n) is 39.4. The minimum absolute atomic E-state index is 0.00362. The Balaban J connectivity index is 1.52. The van der Waals surface area contributed by atoms with Gasteiger partial charge in [-0.3, -0.25) is 32.8 Å². The van der Waals surface area contributed by atoms with Gasteiger partial charge in [0.2, 0.25) is 23.4 Å². The molecule has 0 spiro atoms. The summed E-state index contributed by atoms with van der Waals surface area (Å²) < 4.78 is 105. The van der Waals surface area contributed by atoms with Crippen molar-refractivity contribution in [1.29, 1.82) is 0 Å². The molecule has 2 aromatic carbocycles. The van der Waals surface area contributed by atoms with Gasteiger partial charge >= 0.3 is 5.97 Å². The molecule has 0 bridgehead atoms. The maximum atomic E-state index is 13.3. The first kappa shape index (κ1) is 54.9. The molecule has 0 aromatic heterocycles. The van der Waals surface area contributed by atoms with Crippen LogP contribution in [0.3, 0.4) is 0 Å². The number of rotatable bonds is 13. The van der Waals surface area contributed by atoms with E-state index in [0.717, 1.165) is 17.8 Å². The molecule has 380 valence electrons. The highest BCUT2D eigenvalue weighted by molar-refractivity contribution is 7.86. The summed E-state index contributed by atoms with van der Waals surface area (Å²) in [6.45, 7) is 6.50. The number of carbonyl (C=O) groups excluding carboxylic acids is 3. The smallest absolute Gasteiger partial charge is 0.303 e. The van der Waals surface area contributed by atoms with Crippen LogP contribution < -0.4 is 20.9 Å². The minimum Gasteiger partial charge on any atom is -0.481 e. The Morgan fingerprint density at radius 3 is 2.10 bits per heavy atom. The summed E-state index contributed by atoms with van der Waals surface area (Å²) in [5.74, 6) is -2.64. The molecule has 7 N–H and O–H groups in total. The second-order valence-corrected chi connectivity index (χ2v) is 23.1. The molecular formula is C47H66N5O14S3+. The number of carboxylic acids is 1. The summed E-state index contributed by atoms with van der Waals surface area (Å²) in [6, 6.07) is 7.60. The lowest BCUT2D eigenvalue weighted by molar-refractivity contribution is -0.438. The first-order chi connectivity index (χ1) is 32.3. The highest BCUT2D eigenvalue weighted by atomic mass is 32.2. The van der Waals surface area contributed by atoms with Crippen LogP contribution in [0, 0.1) is 0 Å². The van der Waals surface area contributed by atoms with E-state index in [1.54, 1.807) is 12.1 Å². The van der Waals surface area contributed by atoms with E-state index < -0.39 is 70.8 Å². The van der Waals surface area contributed by atoms with Crippen molar-refractivity contribution in [2.75, 3.05) is 36.8 Å². The fraction of sp³-hybridized carbons (Fsp3) is 0.553. The van der Waals surface area contributed by atoms with E-state index in [9.17, 15) is 58.1 Å². The summed E-state index contributed by atoms with van der Waals surface area (Å²) in [4.78, 5) is 51.7. The van der Waals surface area contributed by atoms with Gasteiger partial charge in [-0.15, -0.1) is 0 Å². The van der Waals surface area contributed by atoms with Crippen LogP contribution in [0.4, 0.5) is 11.4 Å². The normalized spacial score (nSPS) is 21.2. The second kappa shape index (κ2) is 23.3. The summed E-state index contributed by atoms with van der Waals surface area (Å²) in [6.07, 6.45) is 11.8. The number of hydrogen-bond donors (Lipinski definition) is 7. The molecule has 2 unspecified atom stereocenters. The molecule has 3 heterocycles. The zero-order valence-corrected chi connectivity index (χ0v) is 41.9. The third-order valence-corrected chi connectivity index (χ3v) is 15.6. The van der Waals surface area contributed by atoms with Crippen LogP contribution in [-0.2, 0) is 60.4 Å². The van der Waals surface area contributed by atoms with Crippen molar-refractivity contribution in [3.63, 3.8) is 0 Å². The van der Waals surface area contributed by atoms with Crippen LogP contribution >= 0.6 is 0 Å². The molecule has 2 atom stereocenters. The lowest BCUT2D eigenvalue weighted by atomic mass is 9.77. The minimum atomic E-state index is -4.66. The zero-order chi connectivity index (χ0) is 50.8. The van der Waals surface area contributed by atoms with Crippen molar-refractivity contribution in [1.82, 2.24) is 16.0 Å². The summed E-state index contributed by atoms with van der Waals surface area (Å²) >= 11 is 0. The SMILES string of the molecule is CC1(C)C2=[N+](CCCCCCC(=O)NCC(C(=O)NCCCCCC(=O)O)NC(=O)CCCCCC3(C)C(=CC=C2)N(CCCS(=O)(=O)O)c2ccc(S(=O)(=O)O)cc23)c2ccc(S(=O)(=O)O)cc21. The Morgan fingerprint density at radius 2 is 1.43 bits per heavy atom. The number of benzene rings is 2. The van der Waals surface area contributed by atoms with E-state index >= 15 is 0 Å². The number of nitrogens with one attached hydrogen (secondary N) is 3. The van der Waals surface area contributed by atoms with Gasteiger partial charge in [0.1, 0.15) is 12.6 Å². The fourth-order valence-electron chi connectivity index (χ4n) is 9.43. The molecule has 3 amide bonds. The molecule has 0 saturated carbocycles. The van der Waals surface area contributed by atoms with Gasteiger partial charge in [-0.1, -0.05) is 31.8 Å². The Hall–Kier alpha value is -5.00. The van der Waals surface area contributed by atoms with Gasteiger partial charge < -0.3 is 26.0 Å². The van der Waals surface area contributed by atoms with Crippen molar-refractivity contribution in [3.05, 3.63) is 71.5 Å². The Morgan fingerprint density at radius 1 is 0.797 bits per heavy atom. The van der Waals surface area contributed by atoms with Crippen molar-refractivity contribution >= 4 is 71.1 Å². The Kier molecular flexibility index (Phi) is 18.5. The molecule has 0 radical (unpaired) electrons. The maximum Gasteiger partial charge on any atom is 0.303 e. The van der Waals surface area contributed by atoms with Crippen LogP contribution in [0.5, 0.6) is 0 Å². The fourth-order valence-corrected chi connectivity index (χ4v) is 10.9. The van der Waals surface area contributed by atoms with E-state index in [1.165, 1.54) is 24.3 Å². The molecule has 5 rings (SSSR count). The number of fused-ring (bicyclic) bond motifs is 5. The summed E-state index contributed by atoms with van der Waals surface area (Å²) in [5.41, 5.74) is 2.25. The highest BCUT2D eigenvalue weighted by Gasteiger charge is 2.46. The van der Waals surface area contributed by atoms with Gasteiger partial charge in [-0.2, -0.15) is 29.8 Å². The van der Waals surface area contributed by atoms with Crippen LogP contribution in [-0.4, -0.2) is 116 Å². The number of anilines is 1. The lowest BCUT2D eigenvalue weighted by Crippen LogP contribution is -2.52. The molecule has 69 heavy (non-hydrogen) atoms. The number of nitrogens with zero attached hydrogens (tertiary/aromatic N) is 2. The highest BCUT2D eigenvalue weighted by Crippen LogP contribution is 2.51. The van der Waals surface area contributed by atoms with Gasteiger partial charge in [0.15, 0.2) is 5.71 Å². The summed E-state index contributed by atoms with van der Waals surface area (Å²) in [7, 11) is -13.5. The van der Waals surface area contributed by atoms with Crippen LogP contribution in [0.2, 0.25) is 0 Å². The molecule has 0 aliphatic carbocycles. The molecule has 19 nitrogen and oxygen atoms in total. The second-order valence-electron chi connectivity index (χ2n) is 18.6. The van der Waals surface area contributed by atoms with Gasteiger partial charge in [0.05, 0.1) is 21.0 Å². The van der Waals surface area contributed by atoms with E-state index in [2.05, 4.69) is 20.5 Å². The monoisotopic (exact) mass is 1020 g/mol. The first-order valence-electron chi connectivity index (χ1n) is 23.4. The molecule has 0 saturated heterocycles. The maximum absolute atomic E-state index is 13.3. The number of carboxylic acid groups (broad SMARTS) is 1. The van der Waals surface area contributed by atoms with E-state index in [1.807, 2.05) is 43.9 Å². The lowest BCUT2D eigenvalue weighted by Gasteiger charge is -2.30. The standard InChI is InChI=1S/C47H65N5O14S3/c1-46(2)35-30-33(68(61,62)63)21-23-38(35)51-27-13-5-4-8-18-42(53)49-32-37(45(57)48-26-12-7-10-20-44(55)56)50-43(54)19-9-6-11-25-47(3)36-31-34(69(64,65)66)22-24-39(36)52(28-15-29-67(58,59)60)41(47)17-14-16-40(46)51/h14,16-17,21-24,30-31,37H,4-13,15,18-20,25-29,32H2,1-3H3,(H6-,48,49,50,53,54,55,56,57,58,59,60,61,62,63,64,65,66)/p+1. The molecule has 2 aromatic rings. The topological polar surface area (TPSA) is 294 Å². The predicted octanol–water partition coefficient (Wildman–Crippen LogP) is 5.33. The Labute approximate surface area is 405 Å². The first-order valence-corrected chi connectivity index (χ1v) is 27.9. The van der Waals surface area contributed by atoms with Gasteiger partial charge in [0.25, 0.3) is 30.4 Å².